The Kier molecular flexibility index (Phi) is 4.59. The first-order valence-electron chi connectivity index (χ1n) is 7.96. The van der Waals surface area contributed by atoms with E-state index in [0.29, 0.717) is 13.0 Å². The molecular weight excluding hydrogens is 314 g/mol. The van der Waals surface area contributed by atoms with Crippen molar-refractivity contribution in [2.24, 2.45) is 0 Å². The van der Waals surface area contributed by atoms with Crippen LogP contribution in [0.25, 0.3) is 0 Å². The van der Waals surface area contributed by atoms with Gasteiger partial charge in [0.25, 0.3) is 0 Å². The molecule has 1 fully saturated rings. The number of amides is 1. The van der Waals surface area contributed by atoms with Crippen LogP contribution in [0, 0.1) is 0 Å². The Labute approximate surface area is 137 Å². The average Bonchev–Trinajstić information content (AvgIpc) is 3.05. The van der Waals surface area contributed by atoms with Gasteiger partial charge in [0.1, 0.15) is 0 Å². The van der Waals surface area contributed by atoms with Gasteiger partial charge >= 0.3 is 0 Å². The predicted octanol–water partition coefficient (Wildman–Crippen LogP) is 0.390. The van der Waals surface area contributed by atoms with Gasteiger partial charge in [-0.1, -0.05) is 18.2 Å². The quantitative estimate of drug-likeness (QED) is 0.813. The molecule has 1 aromatic carbocycles. The molecule has 23 heavy (non-hydrogen) atoms. The zero-order valence-electron chi connectivity index (χ0n) is 13.3. The van der Waals surface area contributed by atoms with Crippen LogP contribution < -0.4 is 10.6 Å². The molecule has 1 amide bonds. The number of carbonyl (C=O) groups is 1. The summed E-state index contributed by atoms with van der Waals surface area (Å²) in [5.41, 5.74) is 3.72. The van der Waals surface area contributed by atoms with E-state index in [4.69, 9.17) is 0 Å². The number of hydrogen-bond acceptors (Lipinski definition) is 5. The largest absolute Gasteiger partial charge is 0.384 e. The van der Waals surface area contributed by atoms with Crippen molar-refractivity contribution in [1.82, 2.24) is 10.2 Å². The number of benzene rings is 1. The number of nitrogens with zero attached hydrogens (tertiary/aromatic N) is 1. The van der Waals surface area contributed by atoms with Crippen molar-refractivity contribution in [3.63, 3.8) is 0 Å². The van der Waals surface area contributed by atoms with Gasteiger partial charge in [-0.3, -0.25) is 9.69 Å². The zero-order valence-corrected chi connectivity index (χ0v) is 14.2. The lowest BCUT2D eigenvalue weighted by atomic mass is 10.1. The molecule has 2 N–H and O–H groups in total. The molecule has 2 aliphatic rings. The minimum atomic E-state index is -2.96. The van der Waals surface area contributed by atoms with Gasteiger partial charge in [0.15, 0.2) is 9.84 Å². The molecule has 0 radical (unpaired) electrons. The van der Waals surface area contributed by atoms with Crippen LogP contribution in [-0.4, -0.2) is 56.9 Å². The normalized spacial score (nSPS) is 21.9. The van der Waals surface area contributed by atoms with Crippen LogP contribution in [0.4, 0.5) is 5.69 Å². The Bertz CT molecular complexity index is 703. The maximum Gasteiger partial charge on any atom is 0.234 e. The summed E-state index contributed by atoms with van der Waals surface area (Å²) < 4.78 is 22.9. The van der Waals surface area contributed by atoms with Gasteiger partial charge < -0.3 is 10.6 Å². The van der Waals surface area contributed by atoms with Crippen LogP contribution >= 0.6 is 0 Å². The van der Waals surface area contributed by atoms with Crippen molar-refractivity contribution in [2.45, 2.75) is 25.4 Å². The summed E-state index contributed by atoms with van der Waals surface area (Å²) in [5.74, 6) is 0.129. The molecule has 1 saturated heterocycles. The molecule has 2 heterocycles. The summed E-state index contributed by atoms with van der Waals surface area (Å²) in [6.07, 6.45) is 1.57. The first kappa shape index (κ1) is 16.3. The summed E-state index contributed by atoms with van der Waals surface area (Å²) in [6, 6.07) is 6.03. The maximum absolute atomic E-state index is 12.1. The average molecular weight is 337 g/mol. The van der Waals surface area contributed by atoms with Gasteiger partial charge in [-0.25, -0.2) is 8.42 Å². The Morgan fingerprint density at radius 1 is 1.43 bits per heavy atom. The number of carbonyl (C=O) groups excluding carboxylic acids is 1. The third-order valence-electron chi connectivity index (χ3n) is 4.38. The van der Waals surface area contributed by atoms with E-state index in [1.54, 1.807) is 0 Å². The van der Waals surface area contributed by atoms with Crippen LogP contribution in [-0.2, 0) is 27.6 Å². The van der Waals surface area contributed by atoms with Crippen molar-refractivity contribution in [3.8, 4) is 0 Å². The molecule has 2 aliphatic heterocycles. The van der Waals surface area contributed by atoms with E-state index in [-0.39, 0.29) is 30.0 Å². The minimum Gasteiger partial charge on any atom is -0.384 e. The van der Waals surface area contributed by atoms with Crippen LogP contribution in [0.3, 0.4) is 0 Å². The second kappa shape index (κ2) is 6.49. The zero-order chi connectivity index (χ0) is 16.4. The van der Waals surface area contributed by atoms with Crippen molar-refractivity contribution < 1.29 is 13.2 Å². The predicted molar refractivity (Wildman–Crippen MR) is 90.2 cm³/mol. The Morgan fingerprint density at radius 2 is 2.26 bits per heavy atom. The molecule has 7 heteroatoms. The summed E-state index contributed by atoms with van der Waals surface area (Å²) in [7, 11) is -1.06. The van der Waals surface area contributed by atoms with E-state index in [1.807, 2.05) is 11.9 Å². The Balaban J connectivity index is 1.52. The van der Waals surface area contributed by atoms with Crippen LogP contribution in [0.15, 0.2) is 18.2 Å². The number of anilines is 1. The molecule has 1 aromatic rings. The van der Waals surface area contributed by atoms with Gasteiger partial charge in [0.2, 0.25) is 5.91 Å². The molecule has 0 aliphatic carbocycles. The molecule has 0 saturated carbocycles. The van der Waals surface area contributed by atoms with Gasteiger partial charge in [0, 0.05) is 24.8 Å². The van der Waals surface area contributed by atoms with E-state index in [0.717, 1.165) is 13.0 Å². The van der Waals surface area contributed by atoms with E-state index in [9.17, 15) is 13.2 Å². The third kappa shape index (κ3) is 4.03. The fraction of sp³-hybridized carbons (Fsp3) is 0.562. The van der Waals surface area contributed by atoms with Crippen molar-refractivity contribution in [2.75, 3.05) is 37.0 Å². The number of sulfone groups is 1. The topological polar surface area (TPSA) is 78.5 Å². The smallest absolute Gasteiger partial charge is 0.234 e. The molecule has 6 nitrogen and oxygen atoms in total. The molecule has 0 bridgehead atoms. The molecule has 0 aromatic heterocycles. The van der Waals surface area contributed by atoms with Crippen LogP contribution in [0.1, 0.15) is 17.5 Å². The first-order valence-corrected chi connectivity index (χ1v) is 9.78. The van der Waals surface area contributed by atoms with Gasteiger partial charge in [-0.05, 0) is 31.0 Å². The number of hydrogen-bond donors (Lipinski definition) is 2. The van der Waals surface area contributed by atoms with Gasteiger partial charge in [0.05, 0.1) is 18.1 Å². The number of likely N-dealkylation sites (N-methyl/N-ethyl adjacent to an activating group) is 1. The molecule has 0 spiro atoms. The lowest BCUT2D eigenvalue weighted by molar-refractivity contribution is -0.122. The highest BCUT2D eigenvalue weighted by atomic mass is 32.2. The second-order valence-corrected chi connectivity index (χ2v) is 8.70. The standard InChI is InChI=1S/C16H23N3O3S/c1-19(9-13-4-2-3-12-5-7-17-16(12)13)10-15(20)18-14-6-8-23(21,22)11-14/h2-4,14,17H,5-11H2,1H3,(H,18,20). The monoisotopic (exact) mass is 337 g/mol. The van der Waals surface area contributed by atoms with Crippen molar-refractivity contribution >= 4 is 21.4 Å². The van der Waals surface area contributed by atoms with Crippen molar-refractivity contribution in [3.05, 3.63) is 29.3 Å². The molecule has 126 valence electrons. The highest BCUT2D eigenvalue weighted by Gasteiger charge is 2.29. The van der Waals surface area contributed by atoms with E-state index < -0.39 is 9.84 Å². The lowest BCUT2D eigenvalue weighted by Crippen LogP contribution is -2.41. The fourth-order valence-corrected chi connectivity index (χ4v) is 4.99. The van der Waals surface area contributed by atoms with E-state index >= 15 is 0 Å². The number of fused-ring (bicyclic) bond motifs is 1. The van der Waals surface area contributed by atoms with Crippen LogP contribution in [0.5, 0.6) is 0 Å². The molecule has 1 unspecified atom stereocenters. The first-order chi connectivity index (χ1) is 10.9. The minimum absolute atomic E-state index is 0.0680. The third-order valence-corrected chi connectivity index (χ3v) is 6.15. The van der Waals surface area contributed by atoms with E-state index in [1.165, 1.54) is 16.8 Å². The lowest BCUT2D eigenvalue weighted by Gasteiger charge is -2.19. The molecule has 1 atom stereocenters. The fourth-order valence-electron chi connectivity index (χ4n) is 3.32. The van der Waals surface area contributed by atoms with Crippen molar-refractivity contribution in [1.29, 1.82) is 0 Å². The Hall–Kier alpha value is -1.60. The summed E-state index contributed by atoms with van der Waals surface area (Å²) >= 11 is 0. The summed E-state index contributed by atoms with van der Waals surface area (Å²) in [5, 5.41) is 6.23. The Morgan fingerprint density at radius 3 is 3.00 bits per heavy atom. The molecular formula is C16H23N3O3S. The highest BCUT2D eigenvalue weighted by molar-refractivity contribution is 7.91. The maximum atomic E-state index is 12.1. The van der Waals surface area contributed by atoms with Crippen LogP contribution in [0.2, 0.25) is 0 Å². The highest BCUT2D eigenvalue weighted by Crippen LogP contribution is 2.27. The van der Waals surface area contributed by atoms with Gasteiger partial charge in [-0.15, -0.1) is 0 Å². The van der Waals surface area contributed by atoms with E-state index in [2.05, 4.69) is 28.8 Å². The summed E-state index contributed by atoms with van der Waals surface area (Å²) in [4.78, 5) is 14.0. The number of para-hydroxylation sites is 1. The second-order valence-electron chi connectivity index (χ2n) is 6.47. The van der Waals surface area contributed by atoms with Gasteiger partial charge in [-0.2, -0.15) is 0 Å². The SMILES string of the molecule is CN(CC(=O)NC1CCS(=O)(=O)C1)Cc1cccc2c1NCC2. The number of nitrogens with one attached hydrogen (secondary N) is 2. The molecule has 3 rings (SSSR count). The summed E-state index contributed by atoms with van der Waals surface area (Å²) in [6.45, 7) is 1.92. The number of rotatable bonds is 5.